The third kappa shape index (κ3) is 3.76. The van der Waals surface area contributed by atoms with Crippen molar-refractivity contribution < 1.29 is 22.7 Å². The number of hydrogen-bond donors (Lipinski definition) is 1. The Labute approximate surface area is 130 Å². The summed E-state index contributed by atoms with van der Waals surface area (Å²) in [5, 5.41) is 0. The molecule has 0 spiro atoms. The van der Waals surface area contributed by atoms with Gasteiger partial charge in [0, 0.05) is 19.6 Å². The second kappa shape index (κ2) is 6.93. The predicted octanol–water partition coefficient (Wildman–Crippen LogP) is -1.23. The lowest BCUT2D eigenvalue weighted by molar-refractivity contribution is -0.146. The van der Waals surface area contributed by atoms with Crippen LogP contribution >= 0.6 is 0 Å². The summed E-state index contributed by atoms with van der Waals surface area (Å²) in [4.78, 5) is 27.9. The zero-order valence-corrected chi connectivity index (χ0v) is 13.8. The lowest BCUT2D eigenvalue weighted by Gasteiger charge is -2.32. The van der Waals surface area contributed by atoms with Crippen molar-refractivity contribution in [2.75, 3.05) is 38.6 Å². The molecule has 2 heterocycles. The Bertz CT molecular complexity index is 530. The minimum absolute atomic E-state index is 0.0704. The molecule has 0 aromatic carbocycles. The van der Waals surface area contributed by atoms with Crippen molar-refractivity contribution in [3.63, 3.8) is 0 Å². The second-order valence-electron chi connectivity index (χ2n) is 5.51. The molecule has 0 saturated carbocycles. The van der Waals surface area contributed by atoms with Crippen molar-refractivity contribution in [1.29, 1.82) is 0 Å². The first-order valence-electron chi connectivity index (χ1n) is 7.52. The normalized spacial score (nSPS) is 24.6. The molecule has 2 fully saturated rings. The Balaban J connectivity index is 1.98. The molecule has 0 aliphatic carbocycles. The fourth-order valence-electron chi connectivity index (χ4n) is 2.68. The summed E-state index contributed by atoms with van der Waals surface area (Å²) >= 11 is 0. The van der Waals surface area contributed by atoms with Crippen LogP contribution in [-0.4, -0.2) is 80.7 Å². The number of rotatable bonds is 5. The lowest BCUT2D eigenvalue weighted by Crippen LogP contribution is -2.52. The first-order valence-corrected chi connectivity index (χ1v) is 9.18. The molecule has 0 unspecified atom stereocenters. The summed E-state index contributed by atoms with van der Waals surface area (Å²) in [6.45, 7) is 5.65. The quantitative estimate of drug-likeness (QED) is 0.680. The van der Waals surface area contributed by atoms with Crippen LogP contribution in [0, 0.1) is 0 Å². The fraction of sp³-hybridized carbons (Fsp3) is 0.846. The highest BCUT2D eigenvalue weighted by molar-refractivity contribution is 7.89. The van der Waals surface area contributed by atoms with E-state index >= 15 is 0 Å². The van der Waals surface area contributed by atoms with Crippen molar-refractivity contribution >= 4 is 21.8 Å². The molecule has 0 aromatic rings. The number of amides is 2. The van der Waals surface area contributed by atoms with E-state index in [9.17, 15) is 18.0 Å². The van der Waals surface area contributed by atoms with Crippen molar-refractivity contribution in [1.82, 2.24) is 14.5 Å². The lowest BCUT2D eigenvalue weighted by atomic mass is 10.2. The molecule has 2 atom stereocenters. The maximum absolute atomic E-state index is 12.4. The number of likely N-dealkylation sites (tertiary alicyclic amines) is 1. The van der Waals surface area contributed by atoms with Gasteiger partial charge < -0.3 is 14.5 Å². The van der Waals surface area contributed by atoms with Gasteiger partial charge >= 0.3 is 0 Å². The number of carbonyl (C=O) groups excluding carboxylic acids is 2. The SMILES string of the molecule is CCS(=O)(=O)N[C@H]1CCN([C@@H](C)C(=O)N2CCOCC2)C1=O. The van der Waals surface area contributed by atoms with E-state index in [1.807, 2.05) is 0 Å². The molecule has 2 saturated heterocycles. The molecule has 2 aliphatic rings. The summed E-state index contributed by atoms with van der Waals surface area (Å²) in [6.07, 6.45) is 0.388. The summed E-state index contributed by atoms with van der Waals surface area (Å²) < 4.78 is 30.8. The molecule has 2 amide bonds. The first kappa shape index (κ1) is 17.2. The highest BCUT2D eigenvalue weighted by Crippen LogP contribution is 2.17. The molecular formula is C13H23N3O5S. The van der Waals surface area contributed by atoms with Gasteiger partial charge in [0.25, 0.3) is 0 Å². The van der Waals surface area contributed by atoms with E-state index in [-0.39, 0.29) is 17.6 Å². The fourth-order valence-corrected chi connectivity index (χ4v) is 3.50. The largest absolute Gasteiger partial charge is 0.378 e. The highest BCUT2D eigenvalue weighted by Gasteiger charge is 2.39. The van der Waals surface area contributed by atoms with Gasteiger partial charge in [-0.2, -0.15) is 0 Å². The average molecular weight is 333 g/mol. The van der Waals surface area contributed by atoms with Crippen LogP contribution in [0.5, 0.6) is 0 Å². The molecule has 0 radical (unpaired) electrons. The monoisotopic (exact) mass is 333 g/mol. The van der Waals surface area contributed by atoms with Crippen molar-refractivity contribution in [3.8, 4) is 0 Å². The van der Waals surface area contributed by atoms with E-state index in [2.05, 4.69) is 4.72 Å². The maximum atomic E-state index is 12.4. The van der Waals surface area contributed by atoms with Crippen LogP contribution in [0.1, 0.15) is 20.3 Å². The number of nitrogens with one attached hydrogen (secondary N) is 1. The summed E-state index contributed by atoms with van der Waals surface area (Å²) in [5.41, 5.74) is 0. The van der Waals surface area contributed by atoms with Gasteiger partial charge in [-0.1, -0.05) is 0 Å². The second-order valence-corrected chi connectivity index (χ2v) is 7.55. The molecule has 22 heavy (non-hydrogen) atoms. The zero-order chi connectivity index (χ0) is 16.3. The number of morpholine rings is 1. The number of carbonyl (C=O) groups is 2. The Morgan fingerprint density at radius 3 is 2.59 bits per heavy atom. The van der Waals surface area contributed by atoms with E-state index in [1.54, 1.807) is 11.8 Å². The van der Waals surface area contributed by atoms with Gasteiger partial charge in [0.05, 0.1) is 19.0 Å². The van der Waals surface area contributed by atoms with Crippen LogP contribution in [0.4, 0.5) is 0 Å². The van der Waals surface area contributed by atoms with Gasteiger partial charge in [-0.3, -0.25) is 9.59 Å². The molecule has 2 aliphatic heterocycles. The Kier molecular flexibility index (Phi) is 5.41. The number of nitrogens with zero attached hydrogens (tertiary/aromatic N) is 2. The van der Waals surface area contributed by atoms with Crippen LogP contribution in [0.3, 0.4) is 0 Å². The van der Waals surface area contributed by atoms with E-state index in [0.29, 0.717) is 39.3 Å². The molecule has 0 aromatic heterocycles. The molecular weight excluding hydrogens is 310 g/mol. The van der Waals surface area contributed by atoms with Crippen LogP contribution in [0.15, 0.2) is 0 Å². The Morgan fingerprint density at radius 1 is 1.36 bits per heavy atom. The summed E-state index contributed by atoms with van der Waals surface area (Å²) in [7, 11) is -3.44. The third-order valence-electron chi connectivity index (χ3n) is 4.09. The zero-order valence-electron chi connectivity index (χ0n) is 12.9. The van der Waals surface area contributed by atoms with E-state index < -0.39 is 22.1 Å². The highest BCUT2D eigenvalue weighted by atomic mass is 32.2. The Hall–Kier alpha value is -1.19. The van der Waals surface area contributed by atoms with Gasteiger partial charge in [-0.15, -0.1) is 0 Å². The topological polar surface area (TPSA) is 96.0 Å². The van der Waals surface area contributed by atoms with E-state index in [1.165, 1.54) is 11.8 Å². The molecule has 2 rings (SSSR count). The van der Waals surface area contributed by atoms with Gasteiger partial charge in [0.1, 0.15) is 12.1 Å². The smallest absolute Gasteiger partial charge is 0.245 e. The summed E-state index contributed by atoms with van der Waals surface area (Å²) in [5.74, 6) is -0.513. The molecule has 1 N–H and O–H groups in total. The predicted molar refractivity (Wildman–Crippen MR) is 79.6 cm³/mol. The maximum Gasteiger partial charge on any atom is 0.245 e. The summed E-state index contributed by atoms with van der Waals surface area (Å²) in [6, 6.07) is -1.34. The minimum atomic E-state index is -3.44. The van der Waals surface area contributed by atoms with E-state index in [0.717, 1.165) is 0 Å². The van der Waals surface area contributed by atoms with E-state index in [4.69, 9.17) is 4.74 Å². The molecule has 0 bridgehead atoms. The van der Waals surface area contributed by atoms with Crippen molar-refractivity contribution in [3.05, 3.63) is 0 Å². The van der Waals surface area contributed by atoms with Crippen LogP contribution in [0.25, 0.3) is 0 Å². The number of ether oxygens (including phenoxy) is 1. The van der Waals surface area contributed by atoms with Crippen molar-refractivity contribution in [2.24, 2.45) is 0 Å². The van der Waals surface area contributed by atoms with Crippen LogP contribution < -0.4 is 4.72 Å². The Morgan fingerprint density at radius 2 is 2.00 bits per heavy atom. The third-order valence-corrected chi connectivity index (χ3v) is 5.49. The number of sulfonamides is 1. The van der Waals surface area contributed by atoms with Crippen LogP contribution in [0.2, 0.25) is 0 Å². The van der Waals surface area contributed by atoms with Gasteiger partial charge in [-0.25, -0.2) is 13.1 Å². The average Bonchev–Trinajstić information content (AvgIpc) is 2.87. The van der Waals surface area contributed by atoms with Crippen LogP contribution in [-0.2, 0) is 24.3 Å². The van der Waals surface area contributed by atoms with Crippen molar-refractivity contribution in [2.45, 2.75) is 32.4 Å². The molecule has 8 nitrogen and oxygen atoms in total. The first-order chi connectivity index (χ1) is 10.4. The standard InChI is InChI=1S/C13H23N3O5S/c1-3-22(19,20)14-11-4-5-16(13(11)18)10(2)12(17)15-6-8-21-9-7-15/h10-11,14H,3-9H2,1-2H3/t10-,11-/m0/s1. The van der Waals surface area contributed by atoms with Gasteiger partial charge in [0.2, 0.25) is 21.8 Å². The van der Waals surface area contributed by atoms with Gasteiger partial charge in [-0.05, 0) is 20.3 Å². The minimum Gasteiger partial charge on any atom is -0.378 e. The molecule has 126 valence electrons. The van der Waals surface area contributed by atoms with Gasteiger partial charge in [0.15, 0.2) is 0 Å². The number of hydrogen-bond acceptors (Lipinski definition) is 5. The molecule has 9 heteroatoms.